The van der Waals surface area contributed by atoms with Crippen molar-refractivity contribution in [2.45, 2.75) is 32.8 Å². The van der Waals surface area contributed by atoms with E-state index in [-0.39, 0.29) is 17.9 Å². The molecule has 0 fully saturated rings. The molecule has 1 aromatic carbocycles. The van der Waals surface area contributed by atoms with Gasteiger partial charge in [0.05, 0.1) is 12.3 Å². The minimum atomic E-state index is -0.190. The van der Waals surface area contributed by atoms with Gasteiger partial charge in [-0.3, -0.25) is 10.1 Å². The second-order valence-electron chi connectivity index (χ2n) is 5.58. The zero-order valence-corrected chi connectivity index (χ0v) is 12.6. The van der Waals surface area contributed by atoms with Crippen LogP contribution in [0.25, 0.3) is 0 Å². The fourth-order valence-electron chi connectivity index (χ4n) is 1.73. The SMILES string of the molecule is CC(C)(C)c1ccc(C(=O)Nc2nc(CO)cs2)cc1. The molecule has 1 heterocycles. The maximum absolute atomic E-state index is 12.1. The number of anilines is 1. The molecule has 1 aromatic heterocycles. The third-order valence-corrected chi connectivity index (χ3v) is 3.75. The molecular weight excluding hydrogens is 272 g/mol. The summed E-state index contributed by atoms with van der Waals surface area (Å²) in [5.41, 5.74) is 2.42. The first-order valence-corrected chi connectivity index (χ1v) is 7.25. The van der Waals surface area contributed by atoms with Gasteiger partial charge in [0.25, 0.3) is 5.91 Å². The monoisotopic (exact) mass is 290 g/mol. The molecule has 2 rings (SSSR count). The zero-order valence-electron chi connectivity index (χ0n) is 11.8. The van der Waals surface area contributed by atoms with E-state index in [1.807, 2.05) is 24.3 Å². The van der Waals surface area contributed by atoms with E-state index >= 15 is 0 Å². The Kier molecular flexibility index (Phi) is 4.20. The van der Waals surface area contributed by atoms with Crippen LogP contribution in [-0.4, -0.2) is 16.0 Å². The fourth-order valence-corrected chi connectivity index (χ4v) is 2.42. The van der Waals surface area contributed by atoms with Gasteiger partial charge in [-0.2, -0.15) is 0 Å². The highest BCUT2D eigenvalue weighted by Crippen LogP contribution is 2.22. The molecule has 2 aromatic rings. The molecule has 0 radical (unpaired) electrons. The maximum Gasteiger partial charge on any atom is 0.257 e. The predicted molar refractivity (Wildman–Crippen MR) is 81.1 cm³/mol. The molecule has 0 spiro atoms. The number of carbonyl (C=O) groups excluding carboxylic acids is 1. The number of carbonyl (C=O) groups is 1. The van der Waals surface area contributed by atoms with Crippen LogP contribution in [-0.2, 0) is 12.0 Å². The van der Waals surface area contributed by atoms with E-state index in [0.29, 0.717) is 16.4 Å². The number of nitrogens with zero attached hydrogens (tertiary/aromatic N) is 1. The predicted octanol–water partition coefficient (Wildman–Crippen LogP) is 3.19. The van der Waals surface area contributed by atoms with Gasteiger partial charge in [-0.05, 0) is 23.1 Å². The van der Waals surface area contributed by atoms with Gasteiger partial charge in [-0.15, -0.1) is 11.3 Å². The van der Waals surface area contributed by atoms with Gasteiger partial charge in [0.1, 0.15) is 0 Å². The first-order valence-electron chi connectivity index (χ1n) is 6.37. The highest BCUT2D eigenvalue weighted by atomic mass is 32.1. The fraction of sp³-hybridized carbons (Fsp3) is 0.333. The number of benzene rings is 1. The lowest BCUT2D eigenvalue weighted by molar-refractivity contribution is 0.102. The van der Waals surface area contributed by atoms with Crippen LogP contribution in [0.3, 0.4) is 0 Å². The quantitative estimate of drug-likeness (QED) is 0.912. The van der Waals surface area contributed by atoms with Crippen LogP contribution in [0, 0.1) is 0 Å². The van der Waals surface area contributed by atoms with E-state index in [0.717, 1.165) is 0 Å². The number of hydrogen-bond donors (Lipinski definition) is 2. The third kappa shape index (κ3) is 3.43. The summed E-state index contributed by atoms with van der Waals surface area (Å²) in [5.74, 6) is -0.190. The molecule has 5 heteroatoms. The molecule has 0 atom stereocenters. The van der Waals surface area contributed by atoms with E-state index in [2.05, 4.69) is 31.1 Å². The maximum atomic E-state index is 12.1. The van der Waals surface area contributed by atoms with Crippen LogP contribution < -0.4 is 5.32 Å². The standard InChI is InChI=1S/C15H18N2O2S/c1-15(2,3)11-6-4-10(5-7-11)13(19)17-14-16-12(8-18)9-20-14/h4-7,9,18H,8H2,1-3H3,(H,16,17,19). The molecule has 4 nitrogen and oxygen atoms in total. The lowest BCUT2D eigenvalue weighted by Gasteiger charge is -2.18. The van der Waals surface area contributed by atoms with Gasteiger partial charge in [-0.25, -0.2) is 4.98 Å². The molecule has 1 amide bonds. The van der Waals surface area contributed by atoms with Crippen molar-refractivity contribution in [3.63, 3.8) is 0 Å². The van der Waals surface area contributed by atoms with Gasteiger partial charge in [-0.1, -0.05) is 32.9 Å². The number of aliphatic hydroxyl groups excluding tert-OH is 1. The van der Waals surface area contributed by atoms with Crippen LogP contribution >= 0.6 is 11.3 Å². The second-order valence-corrected chi connectivity index (χ2v) is 6.44. The van der Waals surface area contributed by atoms with Crippen molar-refractivity contribution in [2.24, 2.45) is 0 Å². The summed E-state index contributed by atoms with van der Waals surface area (Å²) >= 11 is 1.30. The number of aliphatic hydroxyl groups is 1. The molecule has 0 aliphatic rings. The summed E-state index contributed by atoms with van der Waals surface area (Å²) < 4.78 is 0. The van der Waals surface area contributed by atoms with E-state index in [1.54, 1.807) is 5.38 Å². The Labute approximate surface area is 122 Å². The zero-order chi connectivity index (χ0) is 14.8. The molecule has 0 saturated heterocycles. The van der Waals surface area contributed by atoms with Crippen molar-refractivity contribution in [1.82, 2.24) is 4.98 Å². The highest BCUT2D eigenvalue weighted by molar-refractivity contribution is 7.13. The smallest absolute Gasteiger partial charge is 0.257 e. The van der Waals surface area contributed by atoms with E-state index < -0.39 is 0 Å². The molecule has 0 bridgehead atoms. The summed E-state index contributed by atoms with van der Waals surface area (Å²) in [4.78, 5) is 16.2. The Bertz CT molecular complexity index is 597. The van der Waals surface area contributed by atoms with Crippen LogP contribution in [0.15, 0.2) is 29.6 Å². The van der Waals surface area contributed by atoms with Gasteiger partial charge in [0.15, 0.2) is 5.13 Å². The first-order chi connectivity index (χ1) is 9.40. The largest absolute Gasteiger partial charge is 0.390 e. The molecular formula is C15H18N2O2S. The molecule has 20 heavy (non-hydrogen) atoms. The Hall–Kier alpha value is -1.72. The Morgan fingerprint density at radius 2 is 1.95 bits per heavy atom. The second kappa shape index (κ2) is 5.73. The van der Waals surface area contributed by atoms with Crippen molar-refractivity contribution in [3.8, 4) is 0 Å². The summed E-state index contributed by atoms with van der Waals surface area (Å²) in [6.45, 7) is 6.28. The molecule has 0 unspecified atom stereocenters. The summed E-state index contributed by atoms with van der Waals surface area (Å²) in [6.07, 6.45) is 0. The number of hydrogen-bond acceptors (Lipinski definition) is 4. The number of rotatable bonds is 3. The van der Waals surface area contributed by atoms with Gasteiger partial charge >= 0.3 is 0 Å². The molecule has 106 valence electrons. The minimum Gasteiger partial charge on any atom is -0.390 e. The summed E-state index contributed by atoms with van der Waals surface area (Å²) in [6, 6.07) is 7.57. The van der Waals surface area contributed by atoms with E-state index in [1.165, 1.54) is 16.9 Å². The number of thiazole rings is 1. The van der Waals surface area contributed by atoms with Gasteiger partial charge in [0, 0.05) is 10.9 Å². The number of aromatic nitrogens is 1. The summed E-state index contributed by atoms with van der Waals surface area (Å²) in [5, 5.41) is 13.9. The topological polar surface area (TPSA) is 62.2 Å². The van der Waals surface area contributed by atoms with Crippen molar-refractivity contribution in [1.29, 1.82) is 0 Å². The molecule has 0 aliphatic carbocycles. The van der Waals surface area contributed by atoms with Crippen LogP contribution in [0.4, 0.5) is 5.13 Å². The van der Waals surface area contributed by atoms with Crippen LogP contribution in [0.2, 0.25) is 0 Å². The first kappa shape index (κ1) is 14.7. The van der Waals surface area contributed by atoms with E-state index in [9.17, 15) is 4.79 Å². The lowest BCUT2D eigenvalue weighted by atomic mass is 9.87. The number of nitrogens with one attached hydrogen (secondary N) is 1. The van der Waals surface area contributed by atoms with Crippen molar-refractivity contribution >= 4 is 22.4 Å². The van der Waals surface area contributed by atoms with Gasteiger partial charge in [0.2, 0.25) is 0 Å². The normalized spacial score (nSPS) is 11.4. The van der Waals surface area contributed by atoms with Crippen molar-refractivity contribution in [3.05, 3.63) is 46.5 Å². The minimum absolute atomic E-state index is 0.0698. The Morgan fingerprint density at radius 1 is 1.30 bits per heavy atom. The van der Waals surface area contributed by atoms with Crippen LogP contribution in [0.1, 0.15) is 42.4 Å². The molecule has 0 saturated carbocycles. The average Bonchev–Trinajstić information content (AvgIpc) is 2.85. The van der Waals surface area contributed by atoms with Crippen LogP contribution in [0.5, 0.6) is 0 Å². The summed E-state index contributed by atoms with van der Waals surface area (Å²) in [7, 11) is 0. The van der Waals surface area contributed by atoms with Crippen molar-refractivity contribution in [2.75, 3.05) is 5.32 Å². The Morgan fingerprint density at radius 3 is 2.45 bits per heavy atom. The van der Waals surface area contributed by atoms with Gasteiger partial charge < -0.3 is 5.11 Å². The van der Waals surface area contributed by atoms with Crippen molar-refractivity contribution < 1.29 is 9.90 Å². The highest BCUT2D eigenvalue weighted by Gasteiger charge is 2.14. The molecule has 2 N–H and O–H groups in total. The number of amides is 1. The molecule has 0 aliphatic heterocycles. The third-order valence-electron chi connectivity index (χ3n) is 2.95. The average molecular weight is 290 g/mol. The lowest BCUT2D eigenvalue weighted by Crippen LogP contribution is -2.14. The Balaban J connectivity index is 2.09. The van der Waals surface area contributed by atoms with E-state index in [4.69, 9.17) is 5.11 Å².